The summed E-state index contributed by atoms with van der Waals surface area (Å²) in [7, 11) is 0. The number of rotatable bonds is 5. The van der Waals surface area contributed by atoms with Gasteiger partial charge in [0.1, 0.15) is 0 Å². The van der Waals surface area contributed by atoms with Crippen LogP contribution in [0.2, 0.25) is 0 Å². The molecule has 0 bridgehead atoms. The highest BCUT2D eigenvalue weighted by Crippen LogP contribution is 2.20. The minimum Gasteiger partial charge on any atom is -0.323 e. The molecule has 1 aliphatic rings. The normalized spacial score (nSPS) is 20.2. The van der Waals surface area contributed by atoms with Crippen LogP contribution in [-0.4, -0.2) is 37.1 Å². The molecule has 19 heavy (non-hydrogen) atoms. The van der Waals surface area contributed by atoms with Crippen molar-refractivity contribution in [2.75, 3.05) is 26.2 Å². The van der Waals surface area contributed by atoms with E-state index >= 15 is 0 Å². The van der Waals surface area contributed by atoms with Crippen molar-refractivity contribution in [1.29, 1.82) is 0 Å². The Morgan fingerprint density at radius 3 is 2.42 bits per heavy atom. The van der Waals surface area contributed by atoms with E-state index in [2.05, 4.69) is 48.3 Å². The fraction of sp³-hybridized carbons (Fsp3) is 0.625. The first kappa shape index (κ1) is 14.5. The molecular formula is C16H27N3. The van der Waals surface area contributed by atoms with E-state index in [1.165, 1.54) is 17.5 Å². The second-order valence-corrected chi connectivity index (χ2v) is 5.54. The molecule has 0 saturated carbocycles. The van der Waals surface area contributed by atoms with Crippen molar-refractivity contribution in [3.05, 3.63) is 35.4 Å². The number of piperazine rings is 1. The summed E-state index contributed by atoms with van der Waals surface area (Å²) in [5.41, 5.74) is 9.10. The van der Waals surface area contributed by atoms with Gasteiger partial charge in [0, 0.05) is 38.3 Å². The van der Waals surface area contributed by atoms with E-state index < -0.39 is 0 Å². The highest BCUT2D eigenvalue weighted by molar-refractivity contribution is 5.26. The van der Waals surface area contributed by atoms with Gasteiger partial charge in [0.25, 0.3) is 0 Å². The van der Waals surface area contributed by atoms with Crippen molar-refractivity contribution < 1.29 is 0 Å². The van der Waals surface area contributed by atoms with Crippen molar-refractivity contribution in [1.82, 2.24) is 10.2 Å². The van der Waals surface area contributed by atoms with Crippen molar-refractivity contribution in [2.45, 2.75) is 38.8 Å². The lowest BCUT2D eigenvalue weighted by atomic mass is 9.97. The molecule has 2 rings (SSSR count). The van der Waals surface area contributed by atoms with E-state index in [0.717, 1.165) is 32.6 Å². The van der Waals surface area contributed by atoms with Crippen LogP contribution in [0.15, 0.2) is 24.3 Å². The molecule has 3 nitrogen and oxygen atoms in total. The number of nitrogens with zero attached hydrogens (tertiary/aromatic N) is 1. The first-order valence-electron chi connectivity index (χ1n) is 7.51. The van der Waals surface area contributed by atoms with Crippen LogP contribution in [0.4, 0.5) is 0 Å². The number of nitrogens with two attached hydrogens (primary N) is 1. The second-order valence-electron chi connectivity index (χ2n) is 5.54. The molecule has 1 aromatic rings. The molecule has 3 heteroatoms. The Morgan fingerprint density at radius 1 is 1.21 bits per heavy atom. The van der Waals surface area contributed by atoms with Crippen LogP contribution in [0.25, 0.3) is 0 Å². The van der Waals surface area contributed by atoms with Crippen LogP contribution in [0.3, 0.4) is 0 Å². The van der Waals surface area contributed by atoms with Gasteiger partial charge in [-0.25, -0.2) is 0 Å². The van der Waals surface area contributed by atoms with Crippen molar-refractivity contribution in [3.63, 3.8) is 0 Å². The Morgan fingerprint density at radius 2 is 1.84 bits per heavy atom. The highest BCUT2D eigenvalue weighted by atomic mass is 15.2. The molecule has 0 aromatic heterocycles. The largest absolute Gasteiger partial charge is 0.323 e. The Hall–Kier alpha value is -0.900. The zero-order valence-electron chi connectivity index (χ0n) is 12.2. The van der Waals surface area contributed by atoms with Crippen LogP contribution < -0.4 is 11.1 Å². The lowest BCUT2D eigenvalue weighted by molar-refractivity contribution is 0.163. The molecule has 0 spiro atoms. The van der Waals surface area contributed by atoms with Crippen LogP contribution in [-0.2, 0) is 6.42 Å². The standard InChI is InChI=1S/C16H27N3/c1-3-4-14-5-7-15(8-6-14)16(17)13(2)19-11-9-18-10-12-19/h5-8,13,16,18H,3-4,9-12,17H2,1-2H3. The average molecular weight is 261 g/mol. The van der Waals surface area contributed by atoms with Gasteiger partial charge in [0.05, 0.1) is 0 Å². The van der Waals surface area contributed by atoms with E-state index in [4.69, 9.17) is 5.73 Å². The SMILES string of the molecule is CCCc1ccc(C(N)C(C)N2CCNCC2)cc1. The van der Waals surface area contributed by atoms with E-state index in [0.29, 0.717) is 6.04 Å². The van der Waals surface area contributed by atoms with Gasteiger partial charge in [-0.2, -0.15) is 0 Å². The molecule has 3 N–H and O–H groups in total. The van der Waals surface area contributed by atoms with Gasteiger partial charge in [-0.3, -0.25) is 4.90 Å². The van der Waals surface area contributed by atoms with Crippen LogP contribution >= 0.6 is 0 Å². The molecule has 0 radical (unpaired) electrons. The zero-order valence-corrected chi connectivity index (χ0v) is 12.2. The smallest absolute Gasteiger partial charge is 0.0450 e. The summed E-state index contributed by atoms with van der Waals surface area (Å²) >= 11 is 0. The van der Waals surface area contributed by atoms with Crippen LogP contribution in [0.1, 0.15) is 37.4 Å². The lowest BCUT2D eigenvalue weighted by Gasteiger charge is -2.36. The Kier molecular flexibility index (Phi) is 5.37. The molecule has 1 aliphatic heterocycles. The monoisotopic (exact) mass is 261 g/mol. The quantitative estimate of drug-likeness (QED) is 0.851. The van der Waals surface area contributed by atoms with Gasteiger partial charge in [0.15, 0.2) is 0 Å². The van der Waals surface area contributed by atoms with Crippen molar-refractivity contribution >= 4 is 0 Å². The molecule has 2 unspecified atom stereocenters. The molecule has 0 amide bonds. The van der Waals surface area contributed by atoms with Gasteiger partial charge >= 0.3 is 0 Å². The average Bonchev–Trinajstić information content (AvgIpc) is 2.48. The number of nitrogens with one attached hydrogen (secondary N) is 1. The predicted molar refractivity (Wildman–Crippen MR) is 81.3 cm³/mol. The van der Waals surface area contributed by atoms with Gasteiger partial charge in [-0.15, -0.1) is 0 Å². The molecule has 1 heterocycles. The van der Waals surface area contributed by atoms with E-state index in [1.807, 2.05) is 0 Å². The predicted octanol–water partition coefficient (Wildman–Crippen LogP) is 1.93. The van der Waals surface area contributed by atoms with Crippen molar-refractivity contribution in [3.8, 4) is 0 Å². The molecule has 106 valence electrons. The summed E-state index contributed by atoms with van der Waals surface area (Å²) in [5, 5.41) is 3.39. The third-order valence-electron chi connectivity index (χ3n) is 4.15. The minimum absolute atomic E-state index is 0.105. The Balaban J connectivity index is 1.99. The maximum atomic E-state index is 6.43. The Labute approximate surface area is 117 Å². The summed E-state index contributed by atoms with van der Waals surface area (Å²) in [6, 6.07) is 9.36. The third-order valence-corrected chi connectivity index (χ3v) is 4.15. The van der Waals surface area contributed by atoms with E-state index in [1.54, 1.807) is 0 Å². The highest BCUT2D eigenvalue weighted by Gasteiger charge is 2.22. The van der Waals surface area contributed by atoms with Crippen LogP contribution in [0, 0.1) is 0 Å². The summed E-state index contributed by atoms with van der Waals surface area (Å²) < 4.78 is 0. The van der Waals surface area contributed by atoms with Gasteiger partial charge in [-0.1, -0.05) is 37.6 Å². The molecular weight excluding hydrogens is 234 g/mol. The molecule has 2 atom stereocenters. The number of aryl methyl sites for hydroxylation is 1. The number of benzene rings is 1. The topological polar surface area (TPSA) is 41.3 Å². The summed E-state index contributed by atoms with van der Waals surface area (Å²) in [6.07, 6.45) is 2.35. The number of hydrogen-bond acceptors (Lipinski definition) is 3. The van der Waals surface area contributed by atoms with E-state index in [-0.39, 0.29) is 6.04 Å². The maximum Gasteiger partial charge on any atom is 0.0450 e. The lowest BCUT2D eigenvalue weighted by Crippen LogP contribution is -2.50. The summed E-state index contributed by atoms with van der Waals surface area (Å²) in [5.74, 6) is 0. The van der Waals surface area contributed by atoms with E-state index in [9.17, 15) is 0 Å². The molecule has 1 aromatic carbocycles. The van der Waals surface area contributed by atoms with Crippen molar-refractivity contribution in [2.24, 2.45) is 5.73 Å². The molecule has 1 saturated heterocycles. The molecule has 0 aliphatic carbocycles. The minimum atomic E-state index is 0.105. The molecule has 1 fully saturated rings. The summed E-state index contributed by atoms with van der Waals surface area (Å²) in [6.45, 7) is 8.81. The van der Waals surface area contributed by atoms with Gasteiger partial charge < -0.3 is 11.1 Å². The summed E-state index contributed by atoms with van der Waals surface area (Å²) in [4.78, 5) is 2.49. The zero-order chi connectivity index (χ0) is 13.7. The fourth-order valence-corrected chi connectivity index (χ4v) is 2.79. The fourth-order valence-electron chi connectivity index (χ4n) is 2.79. The van der Waals surface area contributed by atoms with Gasteiger partial charge in [-0.05, 0) is 24.5 Å². The Bertz CT molecular complexity index is 368. The first-order chi connectivity index (χ1) is 9.22. The third kappa shape index (κ3) is 3.78. The van der Waals surface area contributed by atoms with Gasteiger partial charge in [0.2, 0.25) is 0 Å². The number of hydrogen-bond donors (Lipinski definition) is 2. The maximum absolute atomic E-state index is 6.43. The van der Waals surface area contributed by atoms with Crippen LogP contribution in [0.5, 0.6) is 0 Å². The first-order valence-corrected chi connectivity index (χ1v) is 7.51. The second kappa shape index (κ2) is 7.04.